The summed E-state index contributed by atoms with van der Waals surface area (Å²) >= 11 is 0. The SMILES string of the molecule is NC(=O)C(CO)NC(=O)c1ccccc1. The Bertz CT molecular complexity index is 351. The molecule has 0 heterocycles. The van der Waals surface area contributed by atoms with E-state index in [4.69, 9.17) is 10.8 Å². The fourth-order valence-electron chi connectivity index (χ4n) is 1.04. The van der Waals surface area contributed by atoms with Crippen molar-refractivity contribution in [1.29, 1.82) is 0 Å². The number of rotatable bonds is 4. The van der Waals surface area contributed by atoms with Crippen LogP contribution in [0.25, 0.3) is 0 Å². The van der Waals surface area contributed by atoms with Crippen molar-refractivity contribution in [2.45, 2.75) is 6.04 Å². The minimum atomic E-state index is -1.04. The molecule has 0 aliphatic heterocycles. The number of hydrogen-bond acceptors (Lipinski definition) is 3. The Kier molecular flexibility index (Phi) is 3.82. The zero-order valence-electron chi connectivity index (χ0n) is 8.01. The third-order valence-electron chi connectivity index (χ3n) is 1.87. The molecule has 5 nitrogen and oxygen atoms in total. The average Bonchev–Trinajstić information content (AvgIpc) is 2.26. The fourth-order valence-corrected chi connectivity index (χ4v) is 1.04. The Hall–Kier alpha value is -1.88. The highest BCUT2D eigenvalue weighted by molar-refractivity contribution is 5.97. The van der Waals surface area contributed by atoms with Crippen LogP contribution in [0.4, 0.5) is 0 Å². The zero-order valence-corrected chi connectivity index (χ0v) is 8.01. The summed E-state index contributed by atoms with van der Waals surface area (Å²) in [6, 6.07) is 7.34. The molecule has 0 aliphatic carbocycles. The van der Waals surface area contributed by atoms with Crippen LogP contribution in [-0.4, -0.2) is 29.6 Å². The Morgan fingerprint density at radius 3 is 2.40 bits per heavy atom. The number of aliphatic hydroxyl groups excluding tert-OH is 1. The van der Waals surface area contributed by atoms with Crippen molar-refractivity contribution >= 4 is 11.8 Å². The predicted molar refractivity (Wildman–Crippen MR) is 54.0 cm³/mol. The van der Waals surface area contributed by atoms with E-state index in [2.05, 4.69) is 5.32 Å². The molecule has 0 saturated heterocycles. The van der Waals surface area contributed by atoms with E-state index in [1.807, 2.05) is 0 Å². The maximum atomic E-state index is 11.5. The predicted octanol–water partition coefficient (Wildman–Crippen LogP) is -0.737. The summed E-state index contributed by atoms with van der Waals surface area (Å²) in [6.45, 7) is -0.506. The smallest absolute Gasteiger partial charge is 0.251 e. The van der Waals surface area contributed by atoms with Gasteiger partial charge in [-0.15, -0.1) is 0 Å². The van der Waals surface area contributed by atoms with Crippen LogP contribution in [-0.2, 0) is 4.79 Å². The van der Waals surface area contributed by atoms with Gasteiger partial charge < -0.3 is 16.2 Å². The van der Waals surface area contributed by atoms with Crippen molar-refractivity contribution in [2.24, 2.45) is 5.73 Å². The normalized spacial score (nSPS) is 11.8. The lowest BCUT2D eigenvalue weighted by Crippen LogP contribution is -2.46. The molecule has 1 aromatic rings. The minimum Gasteiger partial charge on any atom is -0.394 e. The highest BCUT2D eigenvalue weighted by Gasteiger charge is 2.17. The summed E-state index contributed by atoms with van der Waals surface area (Å²) in [5.41, 5.74) is 5.37. The van der Waals surface area contributed by atoms with E-state index in [1.54, 1.807) is 30.3 Å². The second-order valence-corrected chi connectivity index (χ2v) is 2.98. The van der Waals surface area contributed by atoms with Gasteiger partial charge in [0, 0.05) is 5.56 Å². The third-order valence-corrected chi connectivity index (χ3v) is 1.87. The molecule has 0 radical (unpaired) electrons. The molecule has 1 rings (SSSR count). The van der Waals surface area contributed by atoms with Gasteiger partial charge in [-0.3, -0.25) is 9.59 Å². The summed E-state index contributed by atoms with van der Waals surface area (Å²) in [4.78, 5) is 22.2. The van der Waals surface area contributed by atoms with Crippen molar-refractivity contribution < 1.29 is 14.7 Å². The first-order valence-electron chi connectivity index (χ1n) is 4.41. The number of hydrogen-bond donors (Lipinski definition) is 3. The molecular formula is C10H12N2O3. The van der Waals surface area contributed by atoms with Crippen LogP contribution >= 0.6 is 0 Å². The van der Waals surface area contributed by atoms with Gasteiger partial charge in [-0.2, -0.15) is 0 Å². The maximum Gasteiger partial charge on any atom is 0.251 e. The van der Waals surface area contributed by atoms with Crippen molar-refractivity contribution in [1.82, 2.24) is 5.32 Å². The molecule has 0 saturated carbocycles. The van der Waals surface area contributed by atoms with Crippen LogP contribution in [0, 0.1) is 0 Å². The summed E-state index contributed by atoms with van der Waals surface area (Å²) in [5, 5.41) is 11.1. The summed E-state index contributed by atoms with van der Waals surface area (Å²) < 4.78 is 0. The number of nitrogens with one attached hydrogen (secondary N) is 1. The summed E-state index contributed by atoms with van der Waals surface area (Å²) in [7, 11) is 0. The molecule has 0 bridgehead atoms. The van der Waals surface area contributed by atoms with E-state index in [1.165, 1.54) is 0 Å². The number of aliphatic hydroxyl groups is 1. The monoisotopic (exact) mass is 208 g/mol. The van der Waals surface area contributed by atoms with Gasteiger partial charge in [0.1, 0.15) is 6.04 Å². The van der Waals surface area contributed by atoms with Crippen LogP contribution in [0.2, 0.25) is 0 Å². The average molecular weight is 208 g/mol. The third kappa shape index (κ3) is 3.07. The molecule has 1 aromatic carbocycles. The van der Waals surface area contributed by atoms with Crippen LogP contribution in [0.5, 0.6) is 0 Å². The van der Waals surface area contributed by atoms with E-state index in [0.717, 1.165) is 0 Å². The highest BCUT2D eigenvalue weighted by Crippen LogP contribution is 1.98. The van der Waals surface area contributed by atoms with Gasteiger partial charge in [0.2, 0.25) is 5.91 Å². The quantitative estimate of drug-likeness (QED) is 0.608. The molecule has 4 N–H and O–H groups in total. The number of carbonyl (C=O) groups excluding carboxylic acids is 2. The lowest BCUT2D eigenvalue weighted by Gasteiger charge is -2.12. The molecule has 0 spiro atoms. The number of amides is 2. The van der Waals surface area contributed by atoms with Crippen LogP contribution in [0.3, 0.4) is 0 Å². The van der Waals surface area contributed by atoms with E-state index in [0.29, 0.717) is 5.56 Å². The topological polar surface area (TPSA) is 92.4 Å². The lowest BCUT2D eigenvalue weighted by molar-refractivity contribution is -0.120. The van der Waals surface area contributed by atoms with Gasteiger partial charge in [-0.25, -0.2) is 0 Å². The van der Waals surface area contributed by atoms with Crippen molar-refractivity contribution in [3.05, 3.63) is 35.9 Å². The number of benzene rings is 1. The van der Waals surface area contributed by atoms with Crippen molar-refractivity contribution in [3.63, 3.8) is 0 Å². The Labute approximate surface area is 86.9 Å². The first-order valence-corrected chi connectivity index (χ1v) is 4.41. The van der Waals surface area contributed by atoms with E-state index < -0.39 is 24.5 Å². The Morgan fingerprint density at radius 2 is 1.93 bits per heavy atom. The molecular weight excluding hydrogens is 196 g/mol. The lowest BCUT2D eigenvalue weighted by atomic mass is 10.2. The maximum absolute atomic E-state index is 11.5. The minimum absolute atomic E-state index is 0.414. The molecule has 0 fully saturated rings. The molecule has 2 amide bonds. The van der Waals surface area contributed by atoms with Crippen molar-refractivity contribution in [3.8, 4) is 0 Å². The first-order chi connectivity index (χ1) is 7.15. The van der Waals surface area contributed by atoms with Crippen LogP contribution in [0.1, 0.15) is 10.4 Å². The largest absolute Gasteiger partial charge is 0.394 e. The summed E-state index contributed by atoms with van der Waals surface area (Å²) in [5.74, 6) is -1.20. The van der Waals surface area contributed by atoms with Gasteiger partial charge in [-0.05, 0) is 12.1 Å². The first kappa shape index (κ1) is 11.2. The standard InChI is InChI=1S/C10H12N2O3/c11-9(14)8(6-13)12-10(15)7-4-2-1-3-5-7/h1-5,8,13H,6H2,(H2,11,14)(H,12,15). The van der Waals surface area contributed by atoms with Gasteiger partial charge in [0.25, 0.3) is 5.91 Å². The molecule has 80 valence electrons. The Morgan fingerprint density at radius 1 is 1.33 bits per heavy atom. The number of primary amides is 1. The molecule has 0 aliphatic rings. The molecule has 1 atom stereocenters. The van der Waals surface area contributed by atoms with Gasteiger partial charge in [-0.1, -0.05) is 18.2 Å². The second kappa shape index (κ2) is 5.11. The molecule has 0 aromatic heterocycles. The molecule has 15 heavy (non-hydrogen) atoms. The van der Waals surface area contributed by atoms with E-state index in [9.17, 15) is 9.59 Å². The number of carbonyl (C=O) groups is 2. The van der Waals surface area contributed by atoms with Gasteiger partial charge >= 0.3 is 0 Å². The number of nitrogens with two attached hydrogens (primary N) is 1. The zero-order chi connectivity index (χ0) is 11.3. The van der Waals surface area contributed by atoms with E-state index in [-0.39, 0.29) is 0 Å². The fraction of sp³-hybridized carbons (Fsp3) is 0.200. The van der Waals surface area contributed by atoms with Crippen molar-refractivity contribution in [2.75, 3.05) is 6.61 Å². The van der Waals surface area contributed by atoms with Crippen LogP contribution in [0.15, 0.2) is 30.3 Å². The second-order valence-electron chi connectivity index (χ2n) is 2.98. The summed E-state index contributed by atoms with van der Waals surface area (Å²) in [6.07, 6.45) is 0. The highest BCUT2D eigenvalue weighted by atomic mass is 16.3. The van der Waals surface area contributed by atoms with Gasteiger partial charge in [0.15, 0.2) is 0 Å². The van der Waals surface area contributed by atoms with Gasteiger partial charge in [0.05, 0.1) is 6.61 Å². The molecule has 1 unspecified atom stereocenters. The van der Waals surface area contributed by atoms with E-state index >= 15 is 0 Å². The Balaban J connectivity index is 2.67. The molecule has 5 heteroatoms. The van der Waals surface area contributed by atoms with Crippen LogP contribution < -0.4 is 11.1 Å².